The molecule has 1 aromatic heterocycles. The maximum Gasteiger partial charge on any atom is 0.114 e. The first kappa shape index (κ1) is 14.7. The van der Waals surface area contributed by atoms with Crippen LogP contribution in [0.5, 0.6) is 0 Å². The van der Waals surface area contributed by atoms with Crippen LogP contribution in [0.3, 0.4) is 0 Å². The minimum absolute atomic E-state index is 0.662. The minimum Gasteiger partial charge on any atom is -0.385 e. The van der Waals surface area contributed by atoms with Gasteiger partial charge in [0.05, 0.1) is 5.60 Å². The van der Waals surface area contributed by atoms with Gasteiger partial charge in [0.2, 0.25) is 0 Å². The molecule has 2 heterocycles. The van der Waals surface area contributed by atoms with Gasteiger partial charge < -0.3 is 15.1 Å². The largest absolute Gasteiger partial charge is 0.385 e. The molecule has 0 radical (unpaired) electrons. The first-order valence-electron chi connectivity index (χ1n) is 7.32. The quantitative estimate of drug-likeness (QED) is 0.916. The van der Waals surface area contributed by atoms with E-state index < -0.39 is 11.7 Å². The SMILES string of the molecule is CN1CCC(O)(c2ccccc2C(O)c2cccs2)CC1. The Bertz CT molecular complexity index is 589. The highest BCUT2D eigenvalue weighted by Gasteiger charge is 2.35. The number of nitrogens with zero attached hydrogens (tertiary/aromatic N) is 1. The van der Waals surface area contributed by atoms with Crippen LogP contribution in [-0.4, -0.2) is 35.3 Å². The second-order valence-electron chi connectivity index (χ2n) is 5.84. The van der Waals surface area contributed by atoms with Gasteiger partial charge in [-0.15, -0.1) is 11.3 Å². The van der Waals surface area contributed by atoms with Crippen LogP contribution in [-0.2, 0) is 5.60 Å². The standard InChI is InChI=1S/C17H21NO2S/c1-18-10-8-17(20,9-11-18)14-6-3-2-5-13(14)16(19)15-7-4-12-21-15/h2-7,12,16,19-20H,8-11H2,1H3. The fraction of sp³-hybridized carbons (Fsp3) is 0.412. The topological polar surface area (TPSA) is 43.7 Å². The van der Waals surface area contributed by atoms with Crippen LogP contribution in [0.4, 0.5) is 0 Å². The van der Waals surface area contributed by atoms with Gasteiger partial charge in [-0.1, -0.05) is 30.3 Å². The Morgan fingerprint density at radius 2 is 1.86 bits per heavy atom. The summed E-state index contributed by atoms with van der Waals surface area (Å²) in [7, 11) is 2.08. The summed E-state index contributed by atoms with van der Waals surface area (Å²) in [5.41, 5.74) is 0.868. The third-order valence-electron chi connectivity index (χ3n) is 4.38. The molecule has 21 heavy (non-hydrogen) atoms. The number of thiophene rings is 1. The van der Waals surface area contributed by atoms with Crippen molar-refractivity contribution in [3.05, 3.63) is 57.8 Å². The molecule has 1 atom stereocenters. The fourth-order valence-corrected chi connectivity index (χ4v) is 3.74. The van der Waals surface area contributed by atoms with Gasteiger partial charge in [-0.3, -0.25) is 0 Å². The smallest absolute Gasteiger partial charge is 0.114 e. The van der Waals surface area contributed by atoms with Crippen molar-refractivity contribution < 1.29 is 10.2 Å². The van der Waals surface area contributed by atoms with Gasteiger partial charge in [0, 0.05) is 18.0 Å². The molecule has 1 aromatic carbocycles. The molecule has 1 aliphatic heterocycles. The van der Waals surface area contributed by atoms with Crippen LogP contribution in [0.2, 0.25) is 0 Å². The van der Waals surface area contributed by atoms with E-state index in [1.807, 2.05) is 41.8 Å². The second kappa shape index (κ2) is 5.89. The number of aliphatic hydroxyl groups is 2. The first-order valence-corrected chi connectivity index (χ1v) is 8.20. The molecule has 112 valence electrons. The summed E-state index contributed by atoms with van der Waals surface area (Å²) in [6.07, 6.45) is 0.750. The van der Waals surface area contributed by atoms with Crippen molar-refractivity contribution in [2.45, 2.75) is 24.5 Å². The van der Waals surface area contributed by atoms with Gasteiger partial charge in [0.25, 0.3) is 0 Å². The van der Waals surface area contributed by atoms with Crippen LogP contribution >= 0.6 is 11.3 Å². The van der Waals surface area contributed by atoms with Crippen molar-refractivity contribution >= 4 is 11.3 Å². The number of hydrogen-bond acceptors (Lipinski definition) is 4. The highest BCUT2D eigenvalue weighted by Crippen LogP contribution is 2.38. The Morgan fingerprint density at radius 1 is 1.14 bits per heavy atom. The van der Waals surface area contributed by atoms with E-state index in [0.717, 1.165) is 29.1 Å². The molecule has 0 amide bonds. The van der Waals surface area contributed by atoms with Gasteiger partial charge in [0.15, 0.2) is 0 Å². The normalized spacial score (nSPS) is 20.3. The number of piperidine rings is 1. The first-order chi connectivity index (χ1) is 10.1. The molecule has 0 aliphatic carbocycles. The predicted molar refractivity (Wildman–Crippen MR) is 85.5 cm³/mol. The Hall–Kier alpha value is -1.20. The summed E-state index contributed by atoms with van der Waals surface area (Å²) in [4.78, 5) is 3.14. The average molecular weight is 303 g/mol. The van der Waals surface area contributed by atoms with Gasteiger partial charge in [-0.2, -0.15) is 0 Å². The van der Waals surface area contributed by atoms with E-state index in [2.05, 4.69) is 11.9 Å². The fourth-order valence-electron chi connectivity index (χ4n) is 3.02. The molecule has 2 N–H and O–H groups in total. The Kier molecular flexibility index (Phi) is 4.13. The molecular formula is C17H21NO2S. The van der Waals surface area contributed by atoms with Crippen molar-refractivity contribution in [2.75, 3.05) is 20.1 Å². The maximum absolute atomic E-state index is 11.1. The van der Waals surface area contributed by atoms with Crippen LogP contribution in [0.15, 0.2) is 41.8 Å². The van der Waals surface area contributed by atoms with E-state index in [0.29, 0.717) is 12.8 Å². The lowest BCUT2D eigenvalue weighted by Gasteiger charge is -2.38. The van der Waals surface area contributed by atoms with Crippen LogP contribution in [0.25, 0.3) is 0 Å². The van der Waals surface area contributed by atoms with Gasteiger partial charge in [-0.05, 0) is 42.5 Å². The summed E-state index contributed by atoms with van der Waals surface area (Å²) in [6.45, 7) is 1.75. The van der Waals surface area contributed by atoms with E-state index >= 15 is 0 Å². The second-order valence-corrected chi connectivity index (χ2v) is 6.82. The minimum atomic E-state index is -0.832. The third-order valence-corrected chi connectivity index (χ3v) is 5.31. The number of rotatable bonds is 3. The molecule has 0 saturated carbocycles. The van der Waals surface area contributed by atoms with E-state index in [9.17, 15) is 10.2 Å². The molecular weight excluding hydrogens is 282 g/mol. The molecule has 0 bridgehead atoms. The molecule has 3 nitrogen and oxygen atoms in total. The van der Waals surface area contributed by atoms with E-state index in [1.165, 1.54) is 0 Å². The molecule has 0 spiro atoms. The maximum atomic E-state index is 11.1. The van der Waals surface area contributed by atoms with Crippen LogP contribution in [0.1, 0.15) is 34.9 Å². The van der Waals surface area contributed by atoms with E-state index in [4.69, 9.17) is 0 Å². The monoisotopic (exact) mass is 303 g/mol. The number of benzene rings is 1. The number of aliphatic hydroxyl groups excluding tert-OH is 1. The summed E-state index contributed by atoms with van der Waals surface area (Å²) in [5.74, 6) is 0. The van der Waals surface area contributed by atoms with Gasteiger partial charge in [0.1, 0.15) is 6.10 Å². The van der Waals surface area contributed by atoms with Crippen molar-refractivity contribution in [2.24, 2.45) is 0 Å². The van der Waals surface area contributed by atoms with Crippen LogP contribution < -0.4 is 0 Å². The van der Waals surface area contributed by atoms with Crippen molar-refractivity contribution in [1.82, 2.24) is 4.90 Å². The highest BCUT2D eigenvalue weighted by molar-refractivity contribution is 7.10. The molecule has 4 heteroatoms. The summed E-state index contributed by atoms with van der Waals surface area (Å²) in [6, 6.07) is 11.6. The van der Waals surface area contributed by atoms with Gasteiger partial charge >= 0.3 is 0 Å². The predicted octanol–water partition coefficient (Wildman–Crippen LogP) is 2.74. The van der Waals surface area contributed by atoms with E-state index in [1.54, 1.807) is 11.3 Å². The Balaban J connectivity index is 1.96. The zero-order valence-electron chi connectivity index (χ0n) is 12.2. The summed E-state index contributed by atoms with van der Waals surface area (Å²) < 4.78 is 0. The Labute approximate surface area is 129 Å². The third kappa shape index (κ3) is 2.90. The lowest BCUT2D eigenvalue weighted by molar-refractivity contribution is -0.0221. The van der Waals surface area contributed by atoms with Crippen LogP contribution in [0, 0.1) is 0 Å². The van der Waals surface area contributed by atoms with Gasteiger partial charge in [-0.25, -0.2) is 0 Å². The average Bonchev–Trinajstić information content (AvgIpc) is 3.04. The lowest BCUT2D eigenvalue weighted by atomic mass is 9.81. The summed E-state index contributed by atoms with van der Waals surface area (Å²) in [5, 5.41) is 23.7. The highest BCUT2D eigenvalue weighted by atomic mass is 32.1. The Morgan fingerprint density at radius 3 is 2.52 bits per heavy atom. The van der Waals surface area contributed by atoms with Crippen molar-refractivity contribution in [1.29, 1.82) is 0 Å². The number of hydrogen-bond donors (Lipinski definition) is 2. The molecule has 1 aliphatic rings. The zero-order valence-corrected chi connectivity index (χ0v) is 13.0. The molecule has 1 saturated heterocycles. The summed E-state index contributed by atoms with van der Waals surface area (Å²) >= 11 is 1.54. The number of likely N-dealkylation sites (tertiary alicyclic amines) is 1. The molecule has 3 rings (SSSR count). The zero-order chi connectivity index (χ0) is 14.9. The van der Waals surface area contributed by atoms with Crippen molar-refractivity contribution in [3.63, 3.8) is 0 Å². The molecule has 1 fully saturated rings. The molecule has 1 unspecified atom stereocenters. The van der Waals surface area contributed by atoms with E-state index in [-0.39, 0.29) is 0 Å². The lowest BCUT2D eigenvalue weighted by Crippen LogP contribution is -2.41. The van der Waals surface area contributed by atoms with Crippen molar-refractivity contribution in [3.8, 4) is 0 Å². The molecule has 2 aromatic rings.